The fourth-order valence-electron chi connectivity index (χ4n) is 1.44. The lowest BCUT2D eigenvalue weighted by Gasteiger charge is -2.15. The SMILES string of the molecule is CN(CCCN)CC(=O)Nc1ccccc1F. The van der Waals surface area contributed by atoms with E-state index >= 15 is 0 Å². The van der Waals surface area contributed by atoms with Gasteiger partial charge in [-0.25, -0.2) is 4.39 Å². The van der Waals surface area contributed by atoms with Gasteiger partial charge in [-0.3, -0.25) is 9.69 Å². The van der Waals surface area contributed by atoms with Crippen molar-refractivity contribution in [3.63, 3.8) is 0 Å². The molecule has 0 aromatic heterocycles. The fraction of sp³-hybridized carbons (Fsp3) is 0.417. The van der Waals surface area contributed by atoms with Gasteiger partial charge in [0.1, 0.15) is 5.82 Å². The van der Waals surface area contributed by atoms with E-state index in [1.54, 1.807) is 12.1 Å². The van der Waals surface area contributed by atoms with E-state index in [1.807, 2.05) is 11.9 Å². The van der Waals surface area contributed by atoms with Gasteiger partial charge in [-0.2, -0.15) is 0 Å². The summed E-state index contributed by atoms with van der Waals surface area (Å²) >= 11 is 0. The molecule has 0 atom stereocenters. The molecule has 0 saturated carbocycles. The molecular weight excluding hydrogens is 221 g/mol. The average Bonchev–Trinajstić information content (AvgIpc) is 2.29. The number of amides is 1. The van der Waals surface area contributed by atoms with Crippen LogP contribution in [0.15, 0.2) is 24.3 Å². The van der Waals surface area contributed by atoms with Crippen LogP contribution in [0.3, 0.4) is 0 Å². The van der Waals surface area contributed by atoms with Crippen molar-refractivity contribution in [2.24, 2.45) is 5.73 Å². The number of halogens is 1. The second-order valence-electron chi connectivity index (χ2n) is 3.91. The molecule has 0 radical (unpaired) electrons. The van der Waals surface area contributed by atoms with Gasteiger partial charge in [0.25, 0.3) is 0 Å². The first-order chi connectivity index (χ1) is 8.13. The summed E-state index contributed by atoms with van der Waals surface area (Å²) in [5.41, 5.74) is 5.59. The predicted octanol–water partition coefficient (Wildman–Crippen LogP) is 1.04. The molecule has 0 spiro atoms. The lowest BCUT2D eigenvalue weighted by atomic mass is 10.3. The van der Waals surface area contributed by atoms with Crippen LogP contribution < -0.4 is 11.1 Å². The molecular formula is C12H18FN3O. The molecule has 0 bridgehead atoms. The van der Waals surface area contributed by atoms with Gasteiger partial charge in [-0.15, -0.1) is 0 Å². The Labute approximate surface area is 101 Å². The number of hydrogen-bond acceptors (Lipinski definition) is 3. The van der Waals surface area contributed by atoms with Crippen molar-refractivity contribution in [3.8, 4) is 0 Å². The van der Waals surface area contributed by atoms with Crippen LogP contribution in [0, 0.1) is 5.82 Å². The molecule has 1 aromatic rings. The normalized spacial score (nSPS) is 10.6. The molecule has 1 amide bonds. The van der Waals surface area contributed by atoms with Gasteiger partial charge >= 0.3 is 0 Å². The maximum Gasteiger partial charge on any atom is 0.238 e. The lowest BCUT2D eigenvalue weighted by Crippen LogP contribution is -2.31. The number of nitrogens with two attached hydrogens (primary N) is 1. The van der Waals surface area contributed by atoms with Crippen molar-refractivity contribution >= 4 is 11.6 Å². The van der Waals surface area contributed by atoms with Crippen molar-refractivity contribution in [2.45, 2.75) is 6.42 Å². The highest BCUT2D eigenvalue weighted by molar-refractivity contribution is 5.92. The Bertz CT molecular complexity index is 371. The Morgan fingerprint density at radius 1 is 1.47 bits per heavy atom. The molecule has 0 saturated heterocycles. The quantitative estimate of drug-likeness (QED) is 0.780. The maximum absolute atomic E-state index is 13.2. The first-order valence-corrected chi connectivity index (χ1v) is 5.56. The summed E-state index contributed by atoms with van der Waals surface area (Å²) in [7, 11) is 1.83. The lowest BCUT2D eigenvalue weighted by molar-refractivity contribution is -0.117. The number of anilines is 1. The molecule has 1 aromatic carbocycles. The van der Waals surface area contributed by atoms with E-state index in [-0.39, 0.29) is 18.1 Å². The molecule has 4 nitrogen and oxygen atoms in total. The number of nitrogens with one attached hydrogen (secondary N) is 1. The Hall–Kier alpha value is -1.46. The van der Waals surface area contributed by atoms with E-state index in [0.717, 1.165) is 13.0 Å². The molecule has 0 unspecified atom stereocenters. The molecule has 0 aliphatic rings. The largest absolute Gasteiger partial charge is 0.330 e. The molecule has 0 aliphatic heterocycles. The maximum atomic E-state index is 13.2. The van der Waals surface area contributed by atoms with Crippen molar-refractivity contribution in [3.05, 3.63) is 30.1 Å². The van der Waals surface area contributed by atoms with Gasteiger partial charge in [0.2, 0.25) is 5.91 Å². The smallest absolute Gasteiger partial charge is 0.238 e. The number of carbonyl (C=O) groups excluding carboxylic acids is 1. The van der Waals surface area contributed by atoms with Crippen molar-refractivity contribution in [2.75, 3.05) is 32.0 Å². The Balaban J connectivity index is 2.42. The van der Waals surface area contributed by atoms with Crippen molar-refractivity contribution in [1.29, 1.82) is 0 Å². The molecule has 0 heterocycles. The number of benzene rings is 1. The van der Waals surface area contributed by atoms with Crippen LogP contribution in [0.1, 0.15) is 6.42 Å². The van der Waals surface area contributed by atoms with Crippen LogP contribution in [-0.4, -0.2) is 37.5 Å². The van der Waals surface area contributed by atoms with E-state index in [0.29, 0.717) is 6.54 Å². The van der Waals surface area contributed by atoms with Gasteiger partial charge in [0.05, 0.1) is 12.2 Å². The second kappa shape index (κ2) is 6.98. The van der Waals surface area contributed by atoms with E-state index in [4.69, 9.17) is 5.73 Å². The third-order valence-electron chi connectivity index (χ3n) is 2.31. The average molecular weight is 239 g/mol. The molecule has 5 heteroatoms. The Kier molecular flexibility index (Phi) is 5.59. The standard InChI is InChI=1S/C12H18FN3O/c1-16(8-4-7-14)9-12(17)15-11-6-3-2-5-10(11)13/h2-3,5-6H,4,7-9,14H2,1H3,(H,15,17). The highest BCUT2D eigenvalue weighted by atomic mass is 19.1. The first-order valence-electron chi connectivity index (χ1n) is 5.56. The van der Waals surface area contributed by atoms with Gasteiger partial charge in [0, 0.05) is 0 Å². The second-order valence-corrected chi connectivity index (χ2v) is 3.91. The van der Waals surface area contributed by atoms with Gasteiger partial charge in [0.15, 0.2) is 0 Å². The number of likely N-dealkylation sites (N-methyl/N-ethyl adjacent to an activating group) is 1. The number of hydrogen-bond donors (Lipinski definition) is 2. The van der Waals surface area contributed by atoms with Crippen LogP contribution >= 0.6 is 0 Å². The minimum absolute atomic E-state index is 0.213. The number of carbonyl (C=O) groups is 1. The molecule has 3 N–H and O–H groups in total. The van der Waals surface area contributed by atoms with Crippen LogP contribution in [0.2, 0.25) is 0 Å². The van der Waals surface area contributed by atoms with E-state index in [9.17, 15) is 9.18 Å². The summed E-state index contributed by atoms with van der Waals surface area (Å²) in [6, 6.07) is 6.11. The summed E-state index contributed by atoms with van der Waals surface area (Å²) < 4.78 is 13.2. The highest BCUT2D eigenvalue weighted by Gasteiger charge is 2.08. The van der Waals surface area contributed by atoms with Crippen molar-refractivity contribution in [1.82, 2.24) is 4.90 Å². The van der Waals surface area contributed by atoms with Gasteiger partial charge < -0.3 is 11.1 Å². The highest BCUT2D eigenvalue weighted by Crippen LogP contribution is 2.11. The molecule has 0 fully saturated rings. The minimum Gasteiger partial charge on any atom is -0.330 e. The fourth-order valence-corrected chi connectivity index (χ4v) is 1.44. The Morgan fingerprint density at radius 2 is 2.18 bits per heavy atom. The number of nitrogens with zero attached hydrogens (tertiary/aromatic N) is 1. The topological polar surface area (TPSA) is 58.4 Å². The van der Waals surface area contributed by atoms with Gasteiger partial charge in [-0.1, -0.05) is 12.1 Å². The zero-order chi connectivity index (χ0) is 12.7. The zero-order valence-electron chi connectivity index (χ0n) is 9.95. The van der Waals surface area contributed by atoms with E-state index in [1.165, 1.54) is 12.1 Å². The summed E-state index contributed by atoms with van der Waals surface area (Å²) in [6.45, 7) is 1.58. The van der Waals surface area contributed by atoms with Crippen LogP contribution in [0.25, 0.3) is 0 Å². The number of rotatable bonds is 6. The third kappa shape index (κ3) is 4.93. The van der Waals surface area contributed by atoms with E-state index in [2.05, 4.69) is 5.32 Å². The summed E-state index contributed by atoms with van der Waals surface area (Å²) in [4.78, 5) is 13.4. The number of para-hydroxylation sites is 1. The first kappa shape index (κ1) is 13.6. The van der Waals surface area contributed by atoms with Crippen LogP contribution in [0.4, 0.5) is 10.1 Å². The molecule has 0 aliphatic carbocycles. The van der Waals surface area contributed by atoms with Crippen molar-refractivity contribution < 1.29 is 9.18 Å². The minimum atomic E-state index is -0.425. The monoisotopic (exact) mass is 239 g/mol. The summed E-state index contributed by atoms with van der Waals surface area (Å²) in [5, 5.41) is 2.53. The summed E-state index contributed by atoms with van der Waals surface area (Å²) in [5.74, 6) is -0.653. The Morgan fingerprint density at radius 3 is 2.82 bits per heavy atom. The molecule has 94 valence electrons. The van der Waals surface area contributed by atoms with Crippen LogP contribution in [-0.2, 0) is 4.79 Å². The van der Waals surface area contributed by atoms with Crippen LogP contribution in [0.5, 0.6) is 0 Å². The predicted molar refractivity (Wildman–Crippen MR) is 66.2 cm³/mol. The summed E-state index contributed by atoms with van der Waals surface area (Å²) in [6.07, 6.45) is 0.837. The zero-order valence-corrected chi connectivity index (χ0v) is 9.95. The van der Waals surface area contributed by atoms with E-state index < -0.39 is 5.82 Å². The molecule has 17 heavy (non-hydrogen) atoms. The molecule has 1 rings (SSSR count). The third-order valence-corrected chi connectivity index (χ3v) is 2.31. The van der Waals surface area contributed by atoms with Gasteiger partial charge in [-0.05, 0) is 38.7 Å².